The van der Waals surface area contributed by atoms with E-state index in [1.165, 1.54) is 48.0 Å². The second kappa shape index (κ2) is 9.92. The maximum absolute atomic E-state index is 13.0. The highest BCUT2D eigenvalue weighted by atomic mass is 32.2. The van der Waals surface area contributed by atoms with E-state index in [0.717, 1.165) is 18.4 Å². The molecule has 5 nitrogen and oxygen atoms in total. The number of thiocarbonyl (C=S) groups is 1. The van der Waals surface area contributed by atoms with Gasteiger partial charge in [-0.15, -0.1) is 0 Å². The zero-order valence-corrected chi connectivity index (χ0v) is 20.6. The third kappa shape index (κ3) is 4.51. The van der Waals surface area contributed by atoms with Gasteiger partial charge >= 0.3 is 5.97 Å². The summed E-state index contributed by atoms with van der Waals surface area (Å²) in [5, 5.41) is 8.77. The number of nitrogens with zero attached hydrogens (tertiary/aromatic N) is 2. The average Bonchev–Trinajstić information content (AvgIpc) is 3.48. The summed E-state index contributed by atoms with van der Waals surface area (Å²) in [6.07, 6.45) is 7.94. The minimum atomic E-state index is -0.779. The van der Waals surface area contributed by atoms with Crippen molar-refractivity contribution in [3.05, 3.63) is 64.6 Å². The van der Waals surface area contributed by atoms with Crippen LogP contribution in [-0.4, -0.2) is 38.8 Å². The Kier molecular flexibility index (Phi) is 6.75. The molecule has 5 rings (SSSR count). The lowest BCUT2D eigenvalue weighted by Gasteiger charge is -2.27. The highest BCUT2D eigenvalue weighted by molar-refractivity contribution is 8.26. The minimum absolute atomic E-state index is 0.0432. The standard InChI is InChI=1S/C27H28N2O3S2/c30-25(31)12-5-2-6-15-28-26(32)24(34-27(28)33)17-18-13-14-23-21(16-18)20-10-7-11-22(20)29(23)19-8-3-1-4-9-19/h1,3-4,8-9,13-14,16-17,20,22H,2,5-7,10-12,15H2,(H,30,31)/b24-17+. The Morgan fingerprint density at radius 2 is 1.94 bits per heavy atom. The average molecular weight is 493 g/mol. The monoisotopic (exact) mass is 492 g/mol. The molecule has 2 fully saturated rings. The third-order valence-electron chi connectivity index (χ3n) is 7.00. The first kappa shape index (κ1) is 23.1. The highest BCUT2D eigenvalue weighted by Crippen LogP contribution is 2.52. The van der Waals surface area contributed by atoms with E-state index in [-0.39, 0.29) is 12.3 Å². The van der Waals surface area contributed by atoms with Crippen molar-refractivity contribution in [2.45, 2.75) is 56.9 Å². The molecule has 34 heavy (non-hydrogen) atoms. The molecule has 0 aromatic heterocycles. The Balaban J connectivity index is 1.32. The second-order valence-electron chi connectivity index (χ2n) is 9.17. The summed E-state index contributed by atoms with van der Waals surface area (Å²) >= 11 is 6.83. The molecule has 1 aliphatic carbocycles. The van der Waals surface area contributed by atoms with E-state index in [9.17, 15) is 9.59 Å². The van der Waals surface area contributed by atoms with Crippen LogP contribution in [0.4, 0.5) is 11.4 Å². The number of carbonyl (C=O) groups excluding carboxylic acids is 1. The van der Waals surface area contributed by atoms with E-state index in [0.29, 0.717) is 34.2 Å². The van der Waals surface area contributed by atoms with E-state index in [1.807, 2.05) is 6.08 Å². The number of carbonyl (C=O) groups is 2. The summed E-state index contributed by atoms with van der Waals surface area (Å²) < 4.78 is 0.585. The normalized spacial score (nSPS) is 22.5. The lowest BCUT2D eigenvalue weighted by atomic mass is 9.96. The summed E-state index contributed by atoms with van der Waals surface area (Å²) in [5.74, 6) is -0.291. The Labute approximate surface area is 209 Å². The first-order valence-electron chi connectivity index (χ1n) is 12.0. The Hall–Kier alpha value is -2.64. The molecular formula is C27H28N2O3S2. The van der Waals surface area contributed by atoms with Gasteiger partial charge in [-0.3, -0.25) is 14.5 Å². The van der Waals surface area contributed by atoms with Crippen LogP contribution in [0.2, 0.25) is 0 Å². The van der Waals surface area contributed by atoms with Crippen molar-refractivity contribution in [1.82, 2.24) is 4.90 Å². The molecule has 2 aromatic carbocycles. The van der Waals surface area contributed by atoms with Crippen LogP contribution in [0.25, 0.3) is 6.08 Å². The molecule has 1 amide bonds. The number of hydrogen-bond donors (Lipinski definition) is 1. The van der Waals surface area contributed by atoms with E-state index in [1.54, 1.807) is 4.90 Å². The van der Waals surface area contributed by atoms with Crippen LogP contribution in [0.1, 0.15) is 62.0 Å². The van der Waals surface area contributed by atoms with Crippen LogP contribution in [0.15, 0.2) is 53.4 Å². The SMILES string of the molecule is O=C(O)CCCCCN1C(=O)/C(=C\c2ccc3c(c2)C2CCCC2N3c2ccccc2)SC1=S. The molecule has 2 aliphatic heterocycles. The minimum Gasteiger partial charge on any atom is -0.481 e. The molecule has 2 heterocycles. The summed E-state index contributed by atoms with van der Waals surface area (Å²) in [6.45, 7) is 0.543. The van der Waals surface area contributed by atoms with Gasteiger partial charge in [-0.25, -0.2) is 0 Å². The van der Waals surface area contributed by atoms with Gasteiger partial charge in [0, 0.05) is 36.3 Å². The number of para-hydroxylation sites is 1. The van der Waals surface area contributed by atoms with Gasteiger partial charge in [0.25, 0.3) is 5.91 Å². The smallest absolute Gasteiger partial charge is 0.303 e. The molecule has 1 saturated heterocycles. The van der Waals surface area contributed by atoms with E-state index >= 15 is 0 Å². The largest absolute Gasteiger partial charge is 0.481 e. The zero-order valence-electron chi connectivity index (χ0n) is 19.0. The Morgan fingerprint density at radius 3 is 2.74 bits per heavy atom. The number of anilines is 2. The number of benzene rings is 2. The van der Waals surface area contributed by atoms with Gasteiger partial charge in [0.2, 0.25) is 0 Å². The first-order chi connectivity index (χ1) is 16.5. The van der Waals surface area contributed by atoms with Crippen molar-refractivity contribution in [3.8, 4) is 0 Å². The van der Waals surface area contributed by atoms with E-state index in [4.69, 9.17) is 17.3 Å². The van der Waals surface area contributed by atoms with Crippen molar-refractivity contribution >= 4 is 57.6 Å². The fourth-order valence-corrected chi connectivity index (χ4v) is 6.76. The van der Waals surface area contributed by atoms with Crippen LogP contribution in [-0.2, 0) is 9.59 Å². The van der Waals surface area contributed by atoms with Crippen molar-refractivity contribution in [2.75, 3.05) is 11.4 Å². The molecule has 2 atom stereocenters. The van der Waals surface area contributed by atoms with Crippen molar-refractivity contribution < 1.29 is 14.7 Å². The molecular weight excluding hydrogens is 464 g/mol. The molecule has 0 radical (unpaired) electrons. The van der Waals surface area contributed by atoms with Crippen molar-refractivity contribution in [2.24, 2.45) is 0 Å². The van der Waals surface area contributed by atoms with Gasteiger partial charge in [-0.1, -0.05) is 61.1 Å². The number of unbranched alkanes of at least 4 members (excludes halogenated alkanes) is 2. The summed E-state index contributed by atoms with van der Waals surface area (Å²) in [4.78, 5) is 28.5. The predicted molar refractivity (Wildman–Crippen MR) is 141 cm³/mol. The molecule has 3 aliphatic rings. The topological polar surface area (TPSA) is 60.9 Å². The van der Waals surface area contributed by atoms with Crippen LogP contribution in [0.5, 0.6) is 0 Å². The maximum Gasteiger partial charge on any atom is 0.303 e. The number of rotatable bonds is 8. The molecule has 2 unspecified atom stereocenters. The van der Waals surface area contributed by atoms with Crippen LogP contribution in [0, 0.1) is 0 Å². The van der Waals surface area contributed by atoms with Crippen LogP contribution in [0.3, 0.4) is 0 Å². The van der Waals surface area contributed by atoms with Gasteiger partial charge in [0.05, 0.1) is 4.91 Å². The zero-order chi connectivity index (χ0) is 23.7. The number of hydrogen-bond acceptors (Lipinski definition) is 5. The number of amides is 1. The molecule has 0 spiro atoms. The number of thioether (sulfide) groups is 1. The van der Waals surface area contributed by atoms with Gasteiger partial charge in [-0.05, 0) is 67.2 Å². The Bertz CT molecular complexity index is 1150. The second-order valence-corrected chi connectivity index (χ2v) is 10.8. The number of carboxylic acid groups (broad SMARTS) is 1. The Morgan fingerprint density at radius 1 is 1.12 bits per heavy atom. The van der Waals surface area contributed by atoms with Gasteiger partial charge in [-0.2, -0.15) is 0 Å². The van der Waals surface area contributed by atoms with Crippen molar-refractivity contribution in [3.63, 3.8) is 0 Å². The number of fused-ring (bicyclic) bond motifs is 3. The molecule has 0 bridgehead atoms. The lowest BCUT2D eigenvalue weighted by Crippen LogP contribution is -2.29. The molecule has 176 valence electrons. The fraction of sp³-hybridized carbons (Fsp3) is 0.370. The first-order valence-corrected chi connectivity index (χ1v) is 13.2. The van der Waals surface area contributed by atoms with Gasteiger partial charge in [0.15, 0.2) is 0 Å². The summed E-state index contributed by atoms with van der Waals surface area (Å²) in [5.41, 5.74) is 4.96. The van der Waals surface area contributed by atoms with Gasteiger partial charge < -0.3 is 10.0 Å². The van der Waals surface area contributed by atoms with Gasteiger partial charge in [0.1, 0.15) is 4.32 Å². The third-order valence-corrected chi connectivity index (χ3v) is 8.38. The molecule has 7 heteroatoms. The molecule has 1 N–H and O–H groups in total. The van der Waals surface area contributed by atoms with E-state index < -0.39 is 5.97 Å². The fourth-order valence-electron chi connectivity index (χ4n) is 5.46. The number of aliphatic carboxylic acids is 1. The molecule has 2 aromatic rings. The summed E-state index contributed by atoms with van der Waals surface area (Å²) in [7, 11) is 0. The number of carboxylic acids is 1. The van der Waals surface area contributed by atoms with Crippen LogP contribution >= 0.6 is 24.0 Å². The quantitative estimate of drug-likeness (QED) is 0.264. The predicted octanol–water partition coefficient (Wildman–Crippen LogP) is 6.32. The summed E-state index contributed by atoms with van der Waals surface area (Å²) in [6, 6.07) is 17.7. The molecule has 1 saturated carbocycles. The van der Waals surface area contributed by atoms with Crippen molar-refractivity contribution in [1.29, 1.82) is 0 Å². The maximum atomic E-state index is 13.0. The highest BCUT2D eigenvalue weighted by Gasteiger charge is 2.42. The van der Waals surface area contributed by atoms with E-state index in [2.05, 4.69) is 53.4 Å². The lowest BCUT2D eigenvalue weighted by molar-refractivity contribution is -0.137. The van der Waals surface area contributed by atoms with Crippen LogP contribution < -0.4 is 4.90 Å².